The lowest BCUT2D eigenvalue weighted by Crippen LogP contribution is -2.04. The highest BCUT2D eigenvalue weighted by Crippen LogP contribution is 2.34. The van der Waals surface area contributed by atoms with Crippen molar-refractivity contribution in [2.75, 3.05) is 12.8 Å². The number of carbonyl (C=O) groups is 1. The van der Waals surface area contributed by atoms with Crippen molar-refractivity contribution >= 4 is 11.5 Å². The van der Waals surface area contributed by atoms with Gasteiger partial charge < -0.3 is 10.5 Å². The van der Waals surface area contributed by atoms with Crippen LogP contribution in [0.5, 0.6) is 5.75 Å². The number of hydrogen-bond acceptors (Lipinski definition) is 3. The van der Waals surface area contributed by atoms with Gasteiger partial charge in [0.2, 0.25) is 0 Å². The van der Waals surface area contributed by atoms with Crippen LogP contribution < -0.4 is 10.5 Å². The largest absolute Gasteiger partial charge is 0.497 e. The van der Waals surface area contributed by atoms with Crippen LogP contribution in [0, 0.1) is 5.92 Å². The van der Waals surface area contributed by atoms with E-state index in [0.29, 0.717) is 29.3 Å². The van der Waals surface area contributed by atoms with Gasteiger partial charge in [0.1, 0.15) is 5.75 Å². The Morgan fingerprint density at radius 1 is 1.53 bits per heavy atom. The molecule has 0 heterocycles. The topological polar surface area (TPSA) is 52.3 Å². The number of rotatable bonds is 4. The summed E-state index contributed by atoms with van der Waals surface area (Å²) in [5, 5.41) is 0. The predicted molar refractivity (Wildman–Crippen MR) is 59.1 cm³/mol. The van der Waals surface area contributed by atoms with Crippen molar-refractivity contribution < 1.29 is 9.53 Å². The van der Waals surface area contributed by atoms with E-state index in [1.54, 1.807) is 25.3 Å². The molecule has 0 atom stereocenters. The van der Waals surface area contributed by atoms with E-state index < -0.39 is 0 Å². The zero-order chi connectivity index (χ0) is 10.8. The molecule has 0 radical (unpaired) electrons. The minimum Gasteiger partial charge on any atom is -0.497 e. The highest BCUT2D eigenvalue weighted by atomic mass is 16.5. The summed E-state index contributed by atoms with van der Waals surface area (Å²) in [6.45, 7) is 0. The smallest absolute Gasteiger partial charge is 0.165 e. The van der Waals surface area contributed by atoms with E-state index >= 15 is 0 Å². The Balaban J connectivity index is 2.15. The first kappa shape index (κ1) is 10.0. The maximum absolute atomic E-state index is 11.8. The molecule has 0 spiro atoms. The first-order valence-electron chi connectivity index (χ1n) is 5.17. The molecule has 1 aliphatic rings. The van der Waals surface area contributed by atoms with Crippen molar-refractivity contribution in [1.29, 1.82) is 0 Å². The summed E-state index contributed by atoms with van der Waals surface area (Å²) in [4.78, 5) is 11.8. The van der Waals surface area contributed by atoms with Crippen LogP contribution >= 0.6 is 0 Å². The number of methoxy groups -OCH3 is 1. The van der Waals surface area contributed by atoms with Crippen LogP contribution in [0.25, 0.3) is 0 Å². The zero-order valence-corrected chi connectivity index (χ0v) is 8.82. The lowest BCUT2D eigenvalue weighted by atomic mass is 10.0. The molecule has 3 heteroatoms. The molecule has 1 saturated carbocycles. The van der Waals surface area contributed by atoms with Crippen molar-refractivity contribution in [3.63, 3.8) is 0 Å². The molecule has 0 aromatic heterocycles. The van der Waals surface area contributed by atoms with Gasteiger partial charge in [0.05, 0.1) is 7.11 Å². The van der Waals surface area contributed by atoms with Crippen LogP contribution in [0.3, 0.4) is 0 Å². The molecule has 80 valence electrons. The van der Waals surface area contributed by atoms with E-state index in [1.807, 2.05) is 0 Å². The number of ketones is 1. The van der Waals surface area contributed by atoms with E-state index in [2.05, 4.69) is 0 Å². The molecule has 3 nitrogen and oxygen atoms in total. The van der Waals surface area contributed by atoms with Gasteiger partial charge in [-0.2, -0.15) is 0 Å². The standard InChI is InChI=1S/C12H15NO2/c1-15-9-4-5-10(11(13)7-9)12(14)6-8-2-3-8/h4-5,7-8H,2-3,6,13H2,1H3. The van der Waals surface area contributed by atoms with Gasteiger partial charge in [-0.15, -0.1) is 0 Å². The number of nitrogens with two attached hydrogens (primary N) is 1. The summed E-state index contributed by atoms with van der Waals surface area (Å²) in [5.74, 6) is 1.44. The molecular weight excluding hydrogens is 190 g/mol. The quantitative estimate of drug-likeness (QED) is 0.606. The lowest BCUT2D eigenvalue weighted by Gasteiger charge is -2.06. The van der Waals surface area contributed by atoms with Gasteiger partial charge in [-0.1, -0.05) is 0 Å². The molecule has 1 aliphatic carbocycles. The average Bonchev–Trinajstić information content (AvgIpc) is 3.01. The second-order valence-electron chi connectivity index (χ2n) is 4.02. The summed E-state index contributed by atoms with van der Waals surface area (Å²) in [5.41, 5.74) is 6.93. The monoisotopic (exact) mass is 205 g/mol. The Hall–Kier alpha value is -1.51. The van der Waals surface area contributed by atoms with E-state index in [9.17, 15) is 4.79 Å². The fourth-order valence-electron chi connectivity index (χ4n) is 1.62. The Bertz CT molecular complexity index is 383. The molecule has 1 aromatic rings. The fraction of sp³-hybridized carbons (Fsp3) is 0.417. The number of Topliss-reactive ketones (excluding diaryl/α,β-unsaturated/α-hetero) is 1. The minimum absolute atomic E-state index is 0.151. The number of nitrogen functional groups attached to an aromatic ring is 1. The SMILES string of the molecule is COc1ccc(C(=O)CC2CC2)c(N)c1. The van der Waals surface area contributed by atoms with Crippen LogP contribution in [0.1, 0.15) is 29.6 Å². The van der Waals surface area contributed by atoms with E-state index in [4.69, 9.17) is 10.5 Å². The van der Waals surface area contributed by atoms with Gasteiger partial charge in [-0.05, 0) is 30.9 Å². The molecule has 0 aliphatic heterocycles. The van der Waals surface area contributed by atoms with Gasteiger partial charge in [-0.3, -0.25) is 4.79 Å². The van der Waals surface area contributed by atoms with Crippen LogP contribution in [0.4, 0.5) is 5.69 Å². The molecule has 2 rings (SSSR count). The predicted octanol–water partition coefficient (Wildman–Crippen LogP) is 2.26. The Kier molecular flexibility index (Phi) is 2.62. The average molecular weight is 205 g/mol. The molecule has 0 saturated heterocycles. The van der Waals surface area contributed by atoms with E-state index in [1.165, 1.54) is 12.8 Å². The summed E-state index contributed by atoms with van der Waals surface area (Å²) in [6, 6.07) is 5.22. The Labute approximate surface area is 89.2 Å². The number of ether oxygens (including phenoxy) is 1. The number of hydrogen-bond donors (Lipinski definition) is 1. The minimum atomic E-state index is 0.151. The van der Waals surface area contributed by atoms with Crippen molar-refractivity contribution in [2.24, 2.45) is 5.92 Å². The Morgan fingerprint density at radius 2 is 2.27 bits per heavy atom. The first-order valence-corrected chi connectivity index (χ1v) is 5.17. The summed E-state index contributed by atoms with van der Waals surface area (Å²) < 4.78 is 5.03. The molecule has 0 unspecified atom stereocenters. The molecule has 1 aromatic carbocycles. The number of carbonyl (C=O) groups excluding carboxylic acids is 1. The van der Waals surface area contributed by atoms with Crippen LogP contribution in [0.2, 0.25) is 0 Å². The van der Waals surface area contributed by atoms with Gasteiger partial charge >= 0.3 is 0 Å². The van der Waals surface area contributed by atoms with E-state index in [-0.39, 0.29) is 5.78 Å². The van der Waals surface area contributed by atoms with Crippen LogP contribution in [-0.2, 0) is 0 Å². The molecule has 1 fully saturated rings. The zero-order valence-electron chi connectivity index (χ0n) is 8.82. The first-order chi connectivity index (χ1) is 7.20. The van der Waals surface area contributed by atoms with Gasteiger partial charge in [0.25, 0.3) is 0 Å². The highest BCUT2D eigenvalue weighted by Gasteiger charge is 2.25. The number of benzene rings is 1. The highest BCUT2D eigenvalue weighted by molar-refractivity contribution is 6.01. The third-order valence-corrected chi connectivity index (χ3v) is 2.73. The van der Waals surface area contributed by atoms with Crippen molar-refractivity contribution in [1.82, 2.24) is 0 Å². The van der Waals surface area contributed by atoms with Crippen LogP contribution in [0.15, 0.2) is 18.2 Å². The maximum atomic E-state index is 11.8. The van der Waals surface area contributed by atoms with Crippen molar-refractivity contribution in [3.8, 4) is 5.75 Å². The summed E-state index contributed by atoms with van der Waals surface area (Å²) in [7, 11) is 1.58. The normalized spacial score (nSPS) is 15.0. The van der Waals surface area contributed by atoms with Gasteiger partial charge in [0.15, 0.2) is 5.78 Å². The maximum Gasteiger partial charge on any atom is 0.165 e. The van der Waals surface area contributed by atoms with Crippen molar-refractivity contribution in [2.45, 2.75) is 19.3 Å². The fourth-order valence-corrected chi connectivity index (χ4v) is 1.62. The van der Waals surface area contributed by atoms with Gasteiger partial charge in [0, 0.05) is 23.7 Å². The molecule has 15 heavy (non-hydrogen) atoms. The molecule has 0 amide bonds. The second kappa shape index (κ2) is 3.93. The summed E-state index contributed by atoms with van der Waals surface area (Å²) in [6.07, 6.45) is 3.00. The third kappa shape index (κ3) is 2.29. The molecule has 0 bridgehead atoms. The summed E-state index contributed by atoms with van der Waals surface area (Å²) >= 11 is 0. The molecular formula is C12H15NO2. The van der Waals surface area contributed by atoms with Crippen LogP contribution in [-0.4, -0.2) is 12.9 Å². The van der Waals surface area contributed by atoms with Gasteiger partial charge in [-0.25, -0.2) is 0 Å². The molecule has 2 N–H and O–H groups in total. The second-order valence-corrected chi connectivity index (χ2v) is 4.02. The lowest BCUT2D eigenvalue weighted by molar-refractivity contribution is 0.0977. The third-order valence-electron chi connectivity index (χ3n) is 2.73. The van der Waals surface area contributed by atoms with E-state index in [0.717, 1.165) is 0 Å². The number of anilines is 1. The van der Waals surface area contributed by atoms with Crippen molar-refractivity contribution in [3.05, 3.63) is 23.8 Å². The Morgan fingerprint density at radius 3 is 2.80 bits per heavy atom.